The van der Waals surface area contributed by atoms with E-state index in [-0.39, 0.29) is 5.56 Å². The summed E-state index contributed by atoms with van der Waals surface area (Å²) in [6.45, 7) is 5.03. The maximum atomic E-state index is 13.8. The zero-order chi connectivity index (χ0) is 16.6. The highest BCUT2D eigenvalue weighted by Crippen LogP contribution is 2.27. The van der Waals surface area contributed by atoms with Gasteiger partial charge in [-0.05, 0) is 29.7 Å². The fraction of sp³-hybridized carbons (Fsp3) is 0.278. The predicted octanol–water partition coefficient (Wildman–Crippen LogP) is 4.05. The molecule has 3 aromatic rings. The van der Waals surface area contributed by atoms with Gasteiger partial charge in [0, 0.05) is 23.6 Å². The van der Waals surface area contributed by atoms with Gasteiger partial charge in [-0.1, -0.05) is 26.0 Å². The van der Waals surface area contributed by atoms with E-state index < -0.39 is 17.7 Å². The van der Waals surface area contributed by atoms with Crippen LogP contribution >= 0.6 is 0 Å². The van der Waals surface area contributed by atoms with Crippen LogP contribution in [0.15, 0.2) is 42.6 Å². The summed E-state index contributed by atoms with van der Waals surface area (Å²) in [6.07, 6.45) is 0.586. The number of aliphatic hydroxyl groups is 1. The van der Waals surface area contributed by atoms with Crippen molar-refractivity contribution in [3.63, 3.8) is 0 Å². The zero-order valence-corrected chi connectivity index (χ0v) is 13.0. The zero-order valence-electron chi connectivity index (χ0n) is 13.0. The van der Waals surface area contributed by atoms with Crippen molar-refractivity contribution in [3.05, 3.63) is 65.4 Å². The van der Waals surface area contributed by atoms with Crippen LogP contribution in [0, 0.1) is 17.6 Å². The summed E-state index contributed by atoms with van der Waals surface area (Å²) in [6, 6.07) is 8.58. The molecule has 0 spiro atoms. The third kappa shape index (κ3) is 3.10. The molecule has 0 fully saturated rings. The quantitative estimate of drug-likeness (QED) is 0.788. The highest BCUT2D eigenvalue weighted by Gasteiger charge is 2.17. The highest BCUT2D eigenvalue weighted by molar-refractivity contribution is 5.79. The van der Waals surface area contributed by atoms with Crippen LogP contribution in [0.25, 0.3) is 10.9 Å². The van der Waals surface area contributed by atoms with E-state index >= 15 is 0 Å². The van der Waals surface area contributed by atoms with E-state index in [1.807, 2.05) is 10.7 Å². The maximum absolute atomic E-state index is 13.8. The van der Waals surface area contributed by atoms with Crippen molar-refractivity contribution in [1.82, 2.24) is 9.78 Å². The molecule has 1 heterocycles. The van der Waals surface area contributed by atoms with Gasteiger partial charge in [0.2, 0.25) is 0 Å². The van der Waals surface area contributed by atoms with E-state index in [4.69, 9.17) is 0 Å². The van der Waals surface area contributed by atoms with Gasteiger partial charge < -0.3 is 5.11 Å². The largest absolute Gasteiger partial charge is 0.384 e. The van der Waals surface area contributed by atoms with E-state index in [0.29, 0.717) is 11.5 Å². The first-order valence-corrected chi connectivity index (χ1v) is 7.54. The second kappa shape index (κ2) is 6.08. The minimum absolute atomic E-state index is 0.0559. The smallest absolute Gasteiger partial charge is 0.132 e. The molecule has 3 rings (SSSR count). The molecule has 0 saturated carbocycles. The van der Waals surface area contributed by atoms with Crippen LogP contribution in [-0.4, -0.2) is 14.9 Å². The third-order valence-corrected chi connectivity index (χ3v) is 3.78. The number of aromatic nitrogens is 2. The van der Waals surface area contributed by atoms with Gasteiger partial charge in [0.15, 0.2) is 0 Å². The molecule has 3 nitrogen and oxygen atoms in total. The molecule has 0 unspecified atom stereocenters. The molecule has 0 aliphatic heterocycles. The Hall–Kier alpha value is -2.27. The van der Waals surface area contributed by atoms with Gasteiger partial charge in [-0.3, -0.25) is 4.68 Å². The summed E-state index contributed by atoms with van der Waals surface area (Å²) in [5.74, 6) is -0.950. The molecule has 120 valence electrons. The van der Waals surface area contributed by atoms with Gasteiger partial charge in [-0.2, -0.15) is 5.10 Å². The molecule has 0 aliphatic carbocycles. The molecule has 5 heteroatoms. The Morgan fingerprint density at radius 1 is 1.13 bits per heavy atom. The number of halogens is 2. The summed E-state index contributed by atoms with van der Waals surface area (Å²) in [5, 5.41) is 15.6. The molecular weight excluding hydrogens is 298 g/mol. The average Bonchev–Trinajstić information content (AvgIpc) is 2.88. The third-order valence-electron chi connectivity index (χ3n) is 3.78. The molecule has 0 aliphatic rings. The van der Waals surface area contributed by atoms with Gasteiger partial charge in [-0.25, -0.2) is 8.78 Å². The van der Waals surface area contributed by atoms with Crippen molar-refractivity contribution in [2.75, 3.05) is 0 Å². The van der Waals surface area contributed by atoms with Crippen LogP contribution in [0.2, 0.25) is 0 Å². The summed E-state index contributed by atoms with van der Waals surface area (Å²) in [7, 11) is 0. The molecule has 0 amide bonds. The van der Waals surface area contributed by atoms with E-state index in [0.717, 1.165) is 29.6 Å². The van der Waals surface area contributed by atoms with Crippen molar-refractivity contribution in [1.29, 1.82) is 0 Å². The van der Waals surface area contributed by atoms with Gasteiger partial charge in [0.1, 0.15) is 17.7 Å². The lowest BCUT2D eigenvalue weighted by Crippen LogP contribution is -2.06. The fourth-order valence-corrected chi connectivity index (χ4v) is 2.67. The lowest BCUT2D eigenvalue weighted by atomic mass is 10.00. The summed E-state index contributed by atoms with van der Waals surface area (Å²) in [4.78, 5) is 0. The van der Waals surface area contributed by atoms with Gasteiger partial charge in [0.25, 0.3) is 0 Å². The molecule has 2 aromatic carbocycles. The SMILES string of the molecule is CC(C)Cn1ncc2cc([C@@H](O)c3ccc(F)cc3F)ccc21. The molecule has 1 aromatic heterocycles. The number of rotatable bonds is 4. The second-order valence-corrected chi connectivity index (χ2v) is 6.11. The Bertz CT molecular complexity index is 842. The number of benzene rings is 2. The molecular formula is C18H18F2N2O. The van der Waals surface area contributed by atoms with Gasteiger partial charge in [0.05, 0.1) is 11.7 Å². The normalized spacial score (nSPS) is 13.0. The van der Waals surface area contributed by atoms with Crippen molar-refractivity contribution in [2.24, 2.45) is 5.92 Å². The monoisotopic (exact) mass is 316 g/mol. The minimum atomic E-state index is -1.14. The van der Waals surface area contributed by atoms with Crippen molar-refractivity contribution < 1.29 is 13.9 Å². The molecule has 0 saturated heterocycles. The number of nitrogens with zero attached hydrogens (tertiary/aromatic N) is 2. The van der Waals surface area contributed by atoms with Crippen molar-refractivity contribution in [3.8, 4) is 0 Å². The second-order valence-electron chi connectivity index (χ2n) is 6.11. The van der Waals surface area contributed by atoms with Crippen LogP contribution < -0.4 is 0 Å². The molecule has 23 heavy (non-hydrogen) atoms. The van der Waals surface area contributed by atoms with Crippen LogP contribution in [0.1, 0.15) is 31.1 Å². The predicted molar refractivity (Wildman–Crippen MR) is 85.0 cm³/mol. The first-order valence-electron chi connectivity index (χ1n) is 7.54. The van der Waals surface area contributed by atoms with Gasteiger partial charge >= 0.3 is 0 Å². The summed E-state index contributed by atoms with van der Waals surface area (Å²) < 4.78 is 28.7. The molecule has 0 bridgehead atoms. The minimum Gasteiger partial charge on any atom is -0.384 e. The molecule has 0 radical (unpaired) electrons. The number of aliphatic hydroxyl groups excluding tert-OH is 1. The molecule has 1 N–H and O–H groups in total. The van der Waals surface area contributed by atoms with E-state index in [1.54, 1.807) is 18.3 Å². The Morgan fingerprint density at radius 2 is 1.91 bits per heavy atom. The van der Waals surface area contributed by atoms with Crippen LogP contribution in [0.3, 0.4) is 0 Å². The van der Waals surface area contributed by atoms with E-state index in [2.05, 4.69) is 18.9 Å². The first-order chi connectivity index (χ1) is 11.0. The number of hydrogen-bond donors (Lipinski definition) is 1. The Labute approximate surface area is 133 Å². The number of hydrogen-bond acceptors (Lipinski definition) is 2. The number of fused-ring (bicyclic) bond motifs is 1. The van der Waals surface area contributed by atoms with Crippen LogP contribution in [0.4, 0.5) is 8.78 Å². The lowest BCUT2D eigenvalue weighted by molar-refractivity contribution is 0.215. The van der Waals surface area contributed by atoms with Crippen molar-refractivity contribution in [2.45, 2.75) is 26.5 Å². The summed E-state index contributed by atoms with van der Waals surface area (Å²) in [5.41, 5.74) is 1.57. The Morgan fingerprint density at radius 3 is 2.61 bits per heavy atom. The van der Waals surface area contributed by atoms with Crippen LogP contribution in [-0.2, 0) is 6.54 Å². The lowest BCUT2D eigenvalue weighted by Gasteiger charge is -2.13. The molecule has 1 atom stereocenters. The van der Waals surface area contributed by atoms with E-state index in [1.165, 1.54) is 6.07 Å². The van der Waals surface area contributed by atoms with E-state index in [9.17, 15) is 13.9 Å². The Kier molecular flexibility index (Phi) is 4.13. The highest BCUT2D eigenvalue weighted by atomic mass is 19.1. The summed E-state index contributed by atoms with van der Waals surface area (Å²) >= 11 is 0. The standard InChI is InChI=1S/C18H18F2N2O/c1-11(2)10-22-17-6-3-12(7-13(17)9-21-22)18(23)15-5-4-14(19)8-16(15)20/h3-9,11,18,23H,10H2,1-2H3/t18-/m1/s1. The maximum Gasteiger partial charge on any atom is 0.132 e. The Balaban J connectivity index is 1.97. The first kappa shape index (κ1) is 15.6. The topological polar surface area (TPSA) is 38.0 Å². The fourth-order valence-electron chi connectivity index (χ4n) is 2.67. The van der Waals surface area contributed by atoms with Crippen LogP contribution in [0.5, 0.6) is 0 Å². The van der Waals surface area contributed by atoms with Crippen molar-refractivity contribution >= 4 is 10.9 Å². The average molecular weight is 316 g/mol. The van der Waals surface area contributed by atoms with Gasteiger partial charge in [-0.15, -0.1) is 0 Å².